The maximum Gasteiger partial charge on any atom is 0.415 e. The van der Waals surface area contributed by atoms with Crippen molar-refractivity contribution >= 4 is 17.4 Å². The van der Waals surface area contributed by atoms with Gasteiger partial charge >= 0.3 is 6.09 Å². The van der Waals surface area contributed by atoms with Gasteiger partial charge in [-0.15, -0.1) is 11.3 Å². The Balaban J connectivity index is 1.19. The SMILES string of the molecule is Cc1cccc(CCc2ccc(OC(=O)N3CCN(CCc4csc(C)n4)CC3)cc2)n1. The molecule has 1 fully saturated rings. The minimum Gasteiger partial charge on any atom is -0.410 e. The lowest BCUT2D eigenvalue weighted by Crippen LogP contribution is -2.49. The summed E-state index contributed by atoms with van der Waals surface area (Å²) >= 11 is 1.70. The highest BCUT2D eigenvalue weighted by Crippen LogP contribution is 2.16. The number of hydrogen-bond donors (Lipinski definition) is 0. The second kappa shape index (κ2) is 10.7. The van der Waals surface area contributed by atoms with Gasteiger partial charge in [0.25, 0.3) is 0 Å². The molecule has 3 aromatic rings. The first-order chi connectivity index (χ1) is 15.5. The van der Waals surface area contributed by atoms with Crippen LogP contribution in [0.3, 0.4) is 0 Å². The summed E-state index contributed by atoms with van der Waals surface area (Å²) in [6.07, 6.45) is 2.50. The first-order valence-electron chi connectivity index (χ1n) is 11.2. The van der Waals surface area contributed by atoms with Crippen LogP contribution in [0.25, 0.3) is 0 Å². The van der Waals surface area contributed by atoms with Gasteiger partial charge in [-0.2, -0.15) is 0 Å². The van der Waals surface area contributed by atoms with Crippen molar-refractivity contribution in [2.45, 2.75) is 33.1 Å². The summed E-state index contributed by atoms with van der Waals surface area (Å²) in [5.41, 5.74) is 4.51. The van der Waals surface area contributed by atoms with E-state index in [1.54, 1.807) is 16.2 Å². The van der Waals surface area contributed by atoms with Crippen molar-refractivity contribution in [1.29, 1.82) is 0 Å². The van der Waals surface area contributed by atoms with E-state index in [1.807, 2.05) is 50.2 Å². The third-order valence-corrected chi connectivity index (χ3v) is 6.55. The molecule has 6 nitrogen and oxygen atoms in total. The zero-order valence-electron chi connectivity index (χ0n) is 18.8. The molecule has 32 heavy (non-hydrogen) atoms. The predicted molar refractivity (Wildman–Crippen MR) is 127 cm³/mol. The third-order valence-electron chi connectivity index (χ3n) is 5.73. The molecular weight excluding hydrogens is 420 g/mol. The Hall–Kier alpha value is -2.77. The topological polar surface area (TPSA) is 58.6 Å². The van der Waals surface area contributed by atoms with Crippen LogP contribution >= 0.6 is 11.3 Å². The van der Waals surface area contributed by atoms with E-state index in [0.29, 0.717) is 18.8 Å². The van der Waals surface area contributed by atoms with Crippen molar-refractivity contribution < 1.29 is 9.53 Å². The summed E-state index contributed by atoms with van der Waals surface area (Å²) in [6, 6.07) is 13.9. The lowest BCUT2D eigenvalue weighted by Gasteiger charge is -2.33. The molecular formula is C25H30N4O2S. The van der Waals surface area contributed by atoms with Crippen molar-refractivity contribution in [3.8, 4) is 5.75 Å². The number of aromatic nitrogens is 2. The number of nitrogens with zero attached hydrogens (tertiary/aromatic N) is 4. The summed E-state index contributed by atoms with van der Waals surface area (Å²) < 4.78 is 5.60. The fourth-order valence-electron chi connectivity index (χ4n) is 3.85. The number of carbonyl (C=O) groups is 1. The molecule has 2 aromatic heterocycles. The Morgan fingerprint density at radius 2 is 1.72 bits per heavy atom. The Kier molecular flexibility index (Phi) is 7.50. The second-order valence-electron chi connectivity index (χ2n) is 8.22. The molecule has 1 aromatic carbocycles. The Morgan fingerprint density at radius 1 is 0.938 bits per heavy atom. The lowest BCUT2D eigenvalue weighted by molar-refractivity contribution is 0.111. The van der Waals surface area contributed by atoms with Crippen molar-refractivity contribution in [2.75, 3.05) is 32.7 Å². The number of piperazine rings is 1. The molecule has 0 N–H and O–H groups in total. The molecule has 3 heterocycles. The van der Waals surface area contributed by atoms with Gasteiger partial charge in [-0.1, -0.05) is 18.2 Å². The highest BCUT2D eigenvalue weighted by molar-refractivity contribution is 7.09. The van der Waals surface area contributed by atoms with Crippen LogP contribution in [0.4, 0.5) is 4.79 Å². The van der Waals surface area contributed by atoms with Gasteiger partial charge in [0.1, 0.15) is 5.75 Å². The van der Waals surface area contributed by atoms with E-state index in [-0.39, 0.29) is 6.09 Å². The van der Waals surface area contributed by atoms with Crippen LogP contribution in [0.5, 0.6) is 5.75 Å². The molecule has 1 saturated heterocycles. The van der Waals surface area contributed by atoms with E-state index in [2.05, 4.69) is 26.3 Å². The van der Waals surface area contributed by atoms with Gasteiger partial charge in [0.2, 0.25) is 0 Å². The summed E-state index contributed by atoms with van der Waals surface area (Å²) in [5.74, 6) is 0.591. The van der Waals surface area contributed by atoms with Crippen LogP contribution in [0, 0.1) is 13.8 Å². The van der Waals surface area contributed by atoms with E-state index in [0.717, 1.165) is 61.0 Å². The monoisotopic (exact) mass is 450 g/mol. The van der Waals surface area contributed by atoms with Gasteiger partial charge in [0, 0.05) is 55.9 Å². The Labute approximate surface area is 193 Å². The zero-order valence-corrected chi connectivity index (χ0v) is 19.6. The van der Waals surface area contributed by atoms with Crippen LogP contribution in [0.2, 0.25) is 0 Å². The molecule has 168 valence electrons. The summed E-state index contributed by atoms with van der Waals surface area (Å²) in [7, 11) is 0. The molecule has 0 bridgehead atoms. The van der Waals surface area contributed by atoms with Crippen LogP contribution in [-0.4, -0.2) is 58.6 Å². The average Bonchev–Trinajstić information content (AvgIpc) is 3.23. The first kappa shape index (κ1) is 22.4. The zero-order chi connectivity index (χ0) is 22.3. The largest absolute Gasteiger partial charge is 0.415 e. The molecule has 0 unspecified atom stereocenters. The third kappa shape index (κ3) is 6.37. The minimum atomic E-state index is -0.267. The van der Waals surface area contributed by atoms with Crippen LogP contribution in [0.15, 0.2) is 47.8 Å². The number of pyridine rings is 1. The molecule has 0 aliphatic carbocycles. The van der Waals surface area contributed by atoms with Crippen LogP contribution in [-0.2, 0) is 19.3 Å². The molecule has 7 heteroatoms. The molecule has 1 amide bonds. The highest BCUT2D eigenvalue weighted by Gasteiger charge is 2.22. The van der Waals surface area contributed by atoms with Gasteiger partial charge in [-0.3, -0.25) is 9.88 Å². The predicted octanol–water partition coefficient (Wildman–Crippen LogP) is 4.30. The summed E-state index contributed by atoms with van der Waals surface area (Å²) in [4.78, 5) is 25.8. The van der Waals surface area contributed by atoms with Gasteiger partial charge in [-0.05, 0) is 56.5 Å². The van der Waals surface area contributed by atoms with Gasteiger partial charge < -0.3 is 9.64 Å². The summed E-state index contributed by atoms with van der Waals surface area (Å²) in [6.45, 7) is 8.14. The number of aryl methyl sites for hydroxylation is 4. The number of hydrogen-bond acceptors (Lipinski definition) is 6. The van der Waals surface area contributed by atoms with E-state index >= 15 is 0 Å². The van der Waals surface area contributed by atoms with Crippen molar-refractivity contribution in [2.24, 2.45) is 0 Å². The van der Waals surface area contributed by atoms with E-state index in [9.17, 15) is 4.79 Å². The number of benzene rings is 1. The van der Waals surface area contributed by atoms with Gasteiger partial charge in [-0.25, -0.2) is 9.78 Å². The smallest absolute Gasteiger partial charge is 0.410 e. The summed E-state index contributed by atoms with van der Waals surface area (Å²) in [5, 5.41) is 3.25. The minimum absolute atomic E-state index is 0.267. The van der Waals surface area contributed by atoms with Gasteiger partial charge in [0.15, 0.2) is 0 Å². The van der Waals surface area contributed by atoms with E-state index < -0.39 is 0 Å². The van der Waals surface area contributed by atoms with Crippen LogP contribution < -0.4 is 4.74 Å². The lowest BCUT2D eigenvalue weighted by atomic mass is 10.1. The Bertz CT molecular complexity index is 1030. The average molecular weight is 451 g/mol. The molecule has 4 rings (SSSR count). The molecule has 0 spiro atoms. The highest BCUT2D eigenvalue weighted by atomic mass is 32.1. The van der Waals surface area contributed by atoms with E-state index in [1.165, 1.54) is 5.56 Å². The molecule has 0 atom stereocenters. The fourth-order valence-corrected chi connectivity index (χ4v) is 4.50. The molecule has 1 aliphatic heterocycles. The van der Waals surface area contributed by atoms with E-state index in [4.69, 9.17) is 4.74 Å². The number of amides is 1. The molecule has 0 saturated carbocycles. The standard InChI is InChI=1S/C25H30N4O2S/c1-19-4-3-5-22(26-19)9-6-21-7-10-24(11-8-21)31-25(30)29-16-14-28(15-17-29)13-12-23-18-32-20(2)27-23/h3-5,7-8,10-11,18H,6,9,12-17H2,1-2H3. The van der Waals surface area contributed by atoms with Crippen molar-refractivity contribution in [1.82, 2.24) is 19.8 Å². The number of carbonyl (C=O) groups excluding carboxylic acids is 1. The first-order valence-corrected chi connectivity index (χ1v) is 12.0. The van der Waals surface area contributed by atoms with Crippen molar-refractivity contribution in [3.63, 3.8) is 0 Å². The maximum atomic E-state index is 12.6. The number of rotatable bonds is 7. The number of ether oxygens (including phenoxy) is 1. The normalized spacial score (nSPS) is 14.5. The Morgan fingerprint density at radius 3 is 2.41 bits per heavy atom. The number of thiazole rings is 1. The fraction of sp³-hybridized carbons (Fsp3) is 0.400. The maximum absolute atomic E-state index is 12.6. The molecule has 0 radical (unpaired) electrons. The van der Waals surface area contributed by atoms with Gasteiger partial charge in [0.05, 0.1) is 10.7 Å². The quantitative estimate of drug-likeness (QED) is 0.537. The molecule has 1 aliphatic rings. The van der Waals surface area contributed by atoms with Crippen LogP contribution in [0.1, 0.15) is 27.7 Å². The second-order valence-corrected chi connectivity index (χ2v) is 9.28. The van der Waals surface area contributed by atoms with Crippen molar-refractivity contribution in [3.05, 3.63) is 75.5 Å².